The first-order valence-corrected chi connectivity index (χ1v) is 3.58. The number of anilines is 1. The third-order valence-electron chi connectivity index (χ3n) is 2.35. The van der Waals surface area contributed by atoms with Gasteiger partial charge in [0.1, 0.15) is 12.0 Å². The van der Waals surface area contributed by atoms with Crippen molar-refractivity contribution in [2.24, 2.45) is 0 Å². The van der Waals surface area contributed by atoms with Crippen LogP contribution >= 0.6 is 0 Å². The van der Waals surface area contributed by atoms with E-state index in [9.17, 15) is 4.39 Å². The number of hydrogen-bond donors (Lipinski definition) is 2. The molecule has 2 unspecified atom stereocenters. The highest BCUT2D eigenvalue weighted by Crippen LogP contribution is 2.49. The fourth-order valence-corrected chi connectivity index (χ4v) is 1.22. The zero-order valence-corrected chi connectivity index (χ0v) is 6.26. The smallest absolute Gasteiger partial charge is 0.145 e. The van der Waals surface area contributed by atoms with Gasteiger partial charge in [-0.05, 0) is 6.42 Å². The van der Waals surface area contributed by atoms with Crippen molar-refractivity contribution in [2.45, 2.75) is 24.9 Å². The zero-order chi connectivity index (χ0) is 8.06. The van der Waals surface area contributed by atoms with Gasteiger partial charge in [0.15, 0.2) is 0 Å². The second-order valence-corrected chi connectivity index (χ2v) is 3.30. The van der Waals surface area contributed by atoms with E-state index in [0.29, 0.717) is 12.2 Å². The number of H-pyrrole nitrogens is 1. The molecule has 1 fully saturated rings. The number of aromatic nitrogens is 2. The Kier molecular flexibility index (Phi) is 1.06. The highest BCUT2D eigenvalue weighted by molar-refractivity contribution is 5.36. The molecule has 11 heavy (non-hydrogen) atoms. The average Bonchev–Trinajstić information content (AvgIpc) is 2.44. The summed E-state index contributed by atoms with van der Waals surface area (Å²) in [6.45, 7) is 1.87. The fourth-order valence-electron chi connectivity index (χ4n) is 1.22. The molecule has 0 aromatic carbocycles. The van der Waals surface area contributed by atoms with Gasteiger partial charge < -0.3 is 5.73 Å². The van der Waals surface area contributed by atoms with Crippen LogP contribution in [-0.2, 0) is 5.41 Å². The highest BCUT2D eigenvalue weighted by atomic mass is 19.1. The third kappa shape index (κ3) is 0.818. The Morgan fingerprint density at radius 1 is 1.91 bits per heavy atom. The third-order valence-corrected chi connectivity index (χ3v) is 2.35. The van der Waals surface area contributed by atoms with E-state index in [1.54, 1.807) is 6.07 Å². The minimum absolute atomic E-state index is 0.343. The van der Waals surface area contributed by atoms with Crippen molar-refractivity contribution >= 4 is 5.82 Å². The van der Waals surface area contributed by atoms with Crippen LogP contribution in [0.1, 0.15) is 19.0 Å². The number of halogens is 1. The van der Waals surface area contributed by atoms with Crippen LogP contribution in [0.3, 0.4) is 0 Å². The molecule has 1 heterocycles. The average molecular weight is 155 g/mol. The van der Waals surface area contributed by atoms with Gasteiger partial charge in [0, 0.05) is 17.2 Å². The van der Waals surface area contributed by atoms with Crippen molar-refractivity contribution < 1.29 is 4.39 Å². The van der Waals surface area contributed by atoms with E-state index in [0.717, 1.165) is 5.69 Å². The Labute approximate surface area is 63.8 Å². The molecule has 0 amide bonds. The van der Waals surface area contributed by atoms with Crippen LogP contribution in [-0.4, -0.2) is 16.4 Å². The van der Waals surface area contributed by atoms with Crippen LogP contribution < -0.4 is 5.73 Å². The van der Waals surface area contributed by atoms with Gasteiger partial charge in [-0.15, -0.1) is 0 Å². The summed E-state index contributed by atoms with van der Waals surface area (Å²) in [5, 5.41) is 6.47. The molecular formula is C7H10FN3. The van der Waals surface area contributed by atoms with Crippen molar-refractivity contribution in [1.29, 1.82) is 0 Å². The number of aromatic amines is 1. The van der Waals surface area contributed by atoms with Gasteiger partial charge in [0.25, 0.3) is 0 Å². The van der Waals surface area contributed by atoms with Crippen LogP contribution in [0.2, 0.25) is 0 Å². The molecule has 1 aromatic rings. The molecule has 0 radical (unpaired) electrons. The van der Waals surface area contributed by atoms with Gasteiger partial charge in [-0.3, -0.25) is 5.10 Å². The van der Waals surface area contributed by atoms with Gasteiger partial charge in [-0.1, -0.05) is 6.92 Å². The molecule has 0 bridgehead atoms. The van der Waals surface area contributed by atoms with E-state index in [1.165, 1.54) is 0 Å². The van der Waals surface area contributed by atoms with Gasteiger partial charge in [-0.25, -0.2) is 4.39 Å². The van der Waals surface area contributed by atoms with E-state index in [1.807, 2.05) is 6.92 Å². The van der Waals surface area contributed by atoms with Crippen LogP contribution in [0, 0.1) is 0 Å². The maximum Gasteiger partial charge on any atom is 0.145 e. The predicted octanol–water partition coefficient (Wildman–Crippen LogP) is 0.991. The van der Waals surface area contributed by atoms with Crippen molar-refractivity contribution in [3.63, 3.8) is 0 Å². The Balaban J connectivity index is 2.31. The van der Waals surface area contributed by atoms with E-state index in [-0.39, 0.29) is 5.41 Å². The second kappa shape index (κ2) is 1.75. The lowest BCUT2D eigenvalue weighted by molar-refractivity contribution is 0.428. The second-order valence-electron chi connectivity index (χ2n) is 3.30. The monoisotopic (exact) mass is 155 g/mol. The lowest BCUT2D eigenvalue weighted by Gasteiger charge is -2.01. The number of nitrogens with two attached hydrogens (primary N) is 1. The van der Waals surface area contributed by atoms with Gasteiger partial charge in [0.05, 0.1) is 0 Å². The van der Waals surface area contributed by atoms with Crippen LogP contribution in [0.5, 0.6) is 0 Å². The first kappa shape index (κ1) is 6.64. The van der Waals surface area contributed by atoms with E-state index < -0.39 is 6.17 Å². The number of alkyl halides is 1. The minimum atomic E-state index is -0.734. The maximum absolute atomic E-state index is 12.8. The lowest BCUT2D eigenvalue weighted by Crippen LogP contribution is -2.04. The number of rotatable bonds is 1. The molecule has 0 aliphatic heterocycles. The summed E-state index contributed by atoms with van der Waals surface area (Å²) < 4.78 is 12.8. The zero-order valence-electron chi connectivity index (χ0n) is 6.26. The Hall–Kier alpha value is -1.06. The normalized spacial score (nSPS) is 35.6. The van der Waals surface area contributed by atoms with E-state index in [2.05, 4.69) is 10.2 Å². The summed E-state index contributed by atoms with van der Waals surface area (Å²) in [6, 6.07) is 1.69. The Bertz CT molecular complexity index is 283. The molecule has 3 N–H and O–H groups in total. The van der Waals surface area contributed by atoms with Gasteiger partial charge in [0.2, 0.25) is 0 Å². The molecule has 1 aliphatic carbocycles. The molecule has 3 nitrogen and oxygen atoms in total. The standard InChI is InChI=1S/C7H10FN3/c1-7(3-4(7)8)5-2-6(9)11-10-5/h2,4H,3H2,1H3,(H3,9,10,11). The largest absolute Gasteiger partial charge is 0.382 e. The topological polar surface area (TPSA) is 54.7 Å². The van der Waals surface area contributed by atoms with Crippen LogP contribution in [0.4, 0.5) is 10.2 Å². The molecule has 60 valence electrons. The molecular weight excluding hydrogens is 145 g/mol. The highest BCUT2D eigenvalue weighted by Gasteiger charge is 2.53. The van der Waals surface area contributed by atoms with Crippen molar-refractivity contribution in [1.82, 2.24) is 10.2 Å². The van der Waals surface area contributed by atoms with E-state index in [4.69, 9.17) is 5.73 Å². The summed E-state index contributed by atoms with van der Waals surface area (Å²) in [5.41, 5.74) is 5.85. The number of hydrogen-bond acceptors (Lipinski definition) is 2. The molecule has 2 rings (SSSR count). The SMILES string of the molecule is CC1(c2cc(N)n[nH]2)CC1F. The van der Waals surface area contributed by atoms with Crippen LogP contribution in [0.25, 0.3) is 0 Å². The first-order chi connectivity index (χ1) is 5.13. The Morgan fingerprint density at radius 3 is 2.91 bits per heavy atom. The molecule has 1 saturated carbocycles. The summed E-state index contributed by atoms with van der Waals surface area (Å²) in [6.07, 6.45) is -0.156. The predicted molar refractivity (Wildman–Crippen MR) is 39.9 cm³/mol. The summed E-state index contributed by atoms with van der Waals surface area (Å²) in [4.78, 5) is 0. The molecule has 2 atom stereocenters. The maximum atomic E-state index is 12.8. The van der Waals surface area contributed by atoms with Crippen molar-refractivity contribution in [2.75, 3.05) is 5.73 Å². The summed E-state index contributed by atoms with van der Waals surface area (Å²) in [5.74, 6) is 0.431. The molecule has 0 saturated heterocycles. The molecule has 0 spiro atoms. The number of nitrogens with zero attached hydrogens (tertiary/aromatic N) is 1. The van der Waals surface area contributed by atoms with E-state index >= 15 is 0 Å². The minimum Gasteiger partial charge on any atom is -0.382 e. The molecule has 4 heteroatoms. The van der Waals surface area contributed by atoms with Gasteiger partial charge in [-0.2, -0.15) is 5.10 Å². The lowest BCUT2D eigenvalue weighted by atomic mass is 10.1. The Morgan fingerprint density at radius 2 is 2.55 bits per heavy atom. The first-order valence-electron chi connectivity index (χ1n) is 3.58. The fraction of sp³-hybridized carbons (Fsp3) is 0.571. The summed E-state index contributed by atoms with van der Waals surface area (Å²) >= 11 is 0. The molecule has 1 aliphatic rings. The molecule has 1 aromatic heterocycles. The van der Waals surface area contributed by atoms with Crippen molar-refractivity contribution in [3.05, 3.63) is 11.8 Å². The van der Waals surface area contributed by atoms with Crippen molar-refractivity contribution in [3.8, 4) is 0 Å². The summed E-state index contributed by atoms with van der Waals surface area (Å²) in [7, 11) is 0. The number of nitrogen functional groups attached to an aromatic ring is 1. The van der Waals surface area contributed by atoms with Crippen LogP contribution in [0.15, 0.2) is 6.07 Å². The quantitative estimate of drug-likeness (QED) is 0.635. The number of nitrogens with one attached hydrogen (secondary N) is 1. The van der Waals surface area contributed by atoms with Gasteiger partial charge >= 0.3 is 0 Å².